The van der Waals surface area contributed by atoms with Crippen LogP contribution in [0, 0.1) is 21.4 Å². The first-order chi connectivity index (χ1) is 43.4. The fourth-order valence-electron chi connectivity index (χ4n) is 10.3. The quantitative estimate of drug-likeness (QED) is 0.00489. The molecule has 22 nitrogen and oxygen atoms in total. The Bertz CT molecular complexity index is 3400. The van der Waals surface area contributed by atoms with Gasteiger partial charge in [0.2, 0.25) is 0 Å². The van der Waals surface area contributed by atoms with Crippen LogP contribution in [0.15, 0.2) is 115 Å². The molecule has 7 rings (SSSR count). The van der Waals surface area contributed by atoms with E-state index < -0.39 is 84.4 Å². The molecule has 1 aliphatic heterocycles. The van der Waals surface area contributed by atoms with Gasteiger partial charge in [0, 0.05) is 30.6 Å². The van der Waals surface area contributed by atoms with E-state index in [2.05, 4.69) is 117 Å². The number of carbonyl (C=O) groups excluding carboxylic acids is 2. The standard InChI is InChI=1S/C66H92N9O13PSSi2/c1-43(2)74(44(3)4)89(84-39-22-38-67)86-56-53(41-83-66(47-23-20-19-21-24-47,48-27-33-51(80-12)34-28-48)49-29-35-52(81-13)36-30-49)85-60(57(56)88-92(17,18)65(9,10)11)73-42-68-55-58(71-63(90-14)72-59(55)73)70-62(77)69-54(45(5)87-91(15,16)64(6,7)8)61(76)82-40-37-46-25-31-50(32-26-46)75(78)79/h19-21,23-36,42-45,53-54,56-57,60H,22,37,39-41H2,1-18H3,(H2,69,70,71,72,77)/t45-,53-,54+,56-,57-,60-,89?/m1/s1. The van der Waals surface area contributed by atoms with Gasteiger partial charge in [0.25, 0.3) is 14.2 Å². The van der Waals surface area contributed by atoms with E-state index in [1.165, 1.54) is 23.9 Å². The fourth-order valence-corrected chi connectivity index (χ4v) is 15.1. The maximum Gasteiger partial charge on any atom is 0.331 e. The molecule has 1 saturated heterocycles. The smallest absolute Gasteiger partial charge is 0.331 e. The number of carbonyl (C=O) groups is 2. The van der Waals surface area contributed by atoms with Crippen LogP contribution in [0.1, 0.15) is 111 Å². The van der Waals surface area contributed by atoms with Crippen molar-refractivity contribution >= 4 is 71.6 Å². The van der Waals surface area contributed by atoms with Gasteiger partial charge < -0.3 is 46.9 Å². The number of anilines is 1. The minimum absolute atomic E-state index is 0.0388. The number of esters is 1. The third-order valence-corrected chi connectivity index (χ3v) is 28.9. The van der Waals surface area contributed by atoms with Crippen LogP contribution in [0.25, 0.3) is 11.2 Å². The Balaban J connectivity index is 1.35. The highest BCUT2D eigenvalue weighted by Gasteiger charge is 2.55. The second kappa shape index (κ2) is 31.2. The van der Waals surface area contributed by atoms with Gasteiger partial charge in [-0.1, -0.05) is 120 Å². The number of non-ortho nitro benzene ring substituents is 1. The van der Waals surface area contributed by atoms with E-state index in [4.69, 9.17) is 56.5 Å². The minimum atomic E-state index is -2.81. The number of nitriles is 1. The monoisotopic (exact) mass is 1340 g/mol. The number of ether oxygens (including phenoxy) is 5. The number of rotatable bonds is 30. The van der Waals surface area contributed by atoms with E-state index in [9.17, 15) is 25.0 Å². The van der Waals surface area contributed by atoms with Gasteiger partial charge >= 0.3 is 12.0 Å². The van der Waals surface area contributed by atoms with E-state index >= 15 is 0 Å². The highest BCUT2D eigenvalue weighted by atomic mass is 32.2. The number of fused-ring (bicyclic) bond motifs is 1. The largest absolute Gasteiger partial charge is 0.497 e. The molecule has 0 spiro atoms. The molecule has 1 unspecified atom stereocenters. The van der Waals surface area contributed by atoms with Crippen LogP contribution in [0.2, 0.25) is 36.3 Å². The van der Waals surface area contributed by atoms with E-state index in [1.54, 1.807) is 44.2 Å². The third-order valence-electron chi connectivity index (χ3n) is 17.2. The molecule has 0 radical (unpaired) electrons. The predicted octanol–water partition coefficient (Wildman–Crippen LogP) is 14.1. The van der Waals surface area contributed by atoms with Crippen molar-refractivity contribution in [3.63, 3.8) is 0 Å². The van der Waals surface area contributed by atoms with Crippen LogP contribution in [-0.4, -0.2) is 141 Å². The van der Waals surface area contributed by atoms with Crippen molar-refractivity contribution in [2.24, 2.45) is 0 Å². The molecule has 2 aromatic heterocycles. The van der Waals surface area contributed by atoms with Crippen molar-refractivity contribution in [1.82, 2.24) is 29.5 Å². The van der Waals surface area contributed by atoms with Gasteiger partial charge in [-0.05, 0) is 124 Å². The van der Waals surface area contributed by atoms with E-state index in [0.29, 0.717) is 17.1 Å². The average Bonchev–Trinajstić information content (AvgIpc) is 1.39. The first kappa shape index (κ1) is 73.0. The number of urea groups is 1. The van der Waals surface area contributed by atoms with Crippen LogP contribution in [-0.2, 0) is 48.9 Å². The summed E-state index contributed by atoms with van der Waals surface area (Å²) in [4.78, 5) is 54.4. The number of benzene rings is 4. The lowest BCUT2D eigenvalue weighted by Gasteiger charge is -2.42. The molecule has 92 heavy (non-hydrogen) atoms. The van der Waals surface area contributed by atoms with Crippen LogP contribution in [0.4, 0.5) is 16.3 Å². The van der Waals surface area contributed by atoms with Crippen molar-refractivity contribution < 1.29 is 56.1 Å². The Morgan fingerprint density at radius 1 is 0.815 bits per heavy atom. The molecule has 0 aliphatic carbocycles. The SMILES string of the molecule is COc1ccc(C(OC[C@H]2O[C@@H](n3cnc4c(NC(=O)N[C@H](C(=O)OCCc5ccc([N+](=O)[O-])cc5)[C@@H](C)O[Si](C)(C)C(C)(C)C)nc(SC)nc43)[C@H](O[Si](C)(C)C(C)(C)C)[C@@H]2OP(OCCC#N)N(C(C)C)C(C)C)(c2ccccc2)c2ccc(OC)cc2)cc1. The molecule has 498 valence electrons. The Labute approximate surface area is 549 Å². The minimum Gasteiger partial charge on any atom is -0.497 e. The van der Waals surface area contributed by atoms with Crippen LogP contribution >= 0.6 is 20.3 Å². The van der Waals surface area contributed by atoms with E-state index in [1.807, 2.05) is 85.1 Å². The maximum absolute atomic E-state index is 14.6. The van der Waals surface area contributed by atoms with Gasteiger partial charge in [0.15, 0.2) is 51.0 Å². The van der Waals surface area contributed by atoms with Crippen molar-refractivity contribution in [1.29, 1.82) is 5.26 Å². The summed E-state index contributed by atoms with van der Waals surface area (Å²) in [6.45, 7) is 31.2. The van der Waals surface area contributed by atoms with E-state index in [0.717, 1.165) is 22.3 Å². The van der Waals surface area contributed by atoms with Crippen molar-refractivity contribution in [3.05, 3.63) is 142 Å². The summed E-state index contributed by atoms with van der Waals surface area (Å²) in [6, 6.07) is 31.6. The molecule has 4 aromatic carbocycles. The molecule has 2 amide bonds. The summed E-state index contributed by atoms with van der Waals surface area (Å²) < 4.78 is 64.8. The fraction of sp³-hybridized carbons (Fsp3) is 0.515. The maximum atomic E-state index is 14.6. The number of nitro benzene ring substituents is 1. The summed E-state index contributed by atoms with van der Waals surface area (Å²) >= 11 is 1.25. The number of nitrogens with zero attached hydrogens (tertiary/aromatic N) is 7. The zero-order valence-corrected chi connectivity index (χ0v) is 60.1. The zero-order chi connectivity index (χ0) is 67.5. The molecular formula is C66H92N9O13PSSi2. The topological polar surface area (TPSA) is 255 Å². The Morgan fingerprint density at radius 2 is 1.39 bits per heavy atom. The van der Waals surface area contributed by atoms with Crippen LogP contribution in [0.5, 0.6) is 11.5 Å². The second-order valence-electron chi connectivity index (χ2n) is 26.2. The third kappa shape index (κ3) is 17.3. The number of hydrogen-bond acceptors (Lipinski definition) is 19. The number of amides is 2. The summed E-state index contributed by atoms with van der Waals surface area (Å²) in [7, 11) is -4.02. The summed E-state index contributed by atoms with van der Waals surface area (Å²) in [5.41, 5.74) is 2.31. The molecule has 0 bridgehead atoms. The van der Waals surface area contributed by atoms with Crippen LogP contribution in [0.3, 0.4) is 0 Å². The summed E-state index contributed by atoms with van der Waals surface area (Å²) in [6.07, 6.45) is -0.811. The van der Waals surface area contributed by atoms with Gasteiger partial charge in [-0.15, -0.1) is 0 Å². The number of hydrogen-bond donors (Lipinski definition) is 2. The van der Waals surface area contributed by atoms with Gasteiger partial charge in [0.05, 0.1) is 63.9 Å². The Kier molecular flexibility index (Phi) is 24.8. The number of nitrogens with one attached hydrogen (secondary N) is 2. The molecule has 6 aromatic rings. The summed E-state index contributed by atoms with van der Waals surface area (Å²) in [5, 5.41) is 26.6. The lowest BCUT2D eigenvalue weighted by atomic mass is 9.80. The lowest BCUT2D eigenvalue weighted by Crippen LogP contribution is -2.55. The number of thioether (sulfide) groups is 1. The lowest BCUT2D eigenvalue weighted by molar-refractivity contribution is -0.384. The first-order valence-electron chi connectivity index (χ1n) is 30.9. The van der Waals surface area contributed by atoms with Crippen LogP contribution < -0.4 is 20.1 Å². The number of aromatic nitrogens is 4. The molecule has 0 saturated carbocycles. The molecule has 1 aliphatic rings. The van der Waals surface area contributed by atoms with Crippen molar-refractivity contribution in [2.45, 2.75) is 185 Å². The molecule has 1 fully saturated rings. The normalized spacial score (nSPS) is 17.6. The average molecular weight is 1340 g/mol. The summed E-state index contributed by atoms with van der Waals surface area (Å²) in [5.74, 6) is 0.625. The molecule has 26 heteroatoms. The predicted molar refractivity (Wildman–Crippen MR) is 363 cm³/mol. The molecular weight excluding hydrogens is 1250 g/mol. The molecule has 7 atom stereocenters. The van der Waals surface area contributed by atoms with Gasteiger partial charge in [0.1, 0.15) is 35.4 Å². The molecule has 2 N–H and O–H groups in total. The van der Waals surface area contributed by atoms with E-state index in [-0.39, 0.29) is 77.0 Å². The van der Waals surface area contributed by atoms with Gasteiger partial charge in [-0.25, -0.2) is 29.2 Å². The second-order valence-corrected chi connectivity index (χ2v) is 37.9. The zero-order valence-electron chi connectivity index (χ0n) is 56.3. The number of imidazole rings is 1. The van der Waals surface area contributed by atoms with Gasteiger partial charge in [-0.3, -0.25) is 20.0 Å². The molecule has 3 heterocycles. The van der Waals surface area contributed by atoms with Crippen molar-refractivity contribution in [2.75, 3.05) is 45.6 Å². The highest BCUT2D eigenvalue weighted by Crippen LogP contribution is 2.53. The number of nitro groups is 1. The first-order valence-corrected chi connectivity index (χ1v) is 39.1. The Morgan fingerprint density at radius 3 is 1.91 bits per heavy atom. The number of methoxy groups -OCH3 is 2. The Hall–Kier alpha value is -6.41. The highest BCUT2D eigenvalue weighted by molar-refractivity contribution is 7.98. The van der Waals surface area contributed by atoms with Gasteiger partial charge in [-0.2, -0.15) is 5.26 Å². The van der Waals surface area contributed by atoms with Crippen molar-refractivity contribution in [3.8, 4) is 17.6 Å².